The van der Waals surface area contributed by atoms with Gasteiger partial charge in [0.25, 0.3) is 0 Å². The molecule has 0 unspecified atom stereocenters. The average molecular weight is 366 g/mol. The number of halogens is 4. The van der Waals surface area contributed by atoms with Crippen LogP contribution in [0.3, 0.4) is 0 Å². The zero-order chi connectivity index (χ0) is 19.5. The van der Waals surface area contributed by atoms with Gasteiger partial charge in [-0.2, -0.15) is 13.2 Å². The van der Waals surface area contributed by atoms with Crippen LogP contribution in [0.25, 0.3) is 0 Å². The lowest BCUT2D eigenvalue weighted by molar-refractivity contribution is -0.137. The van der Waals surface area contributed by atoms with Crippen molar-refractivity contribution in [3.05, 3.63) is 64.0 Å². The predicted octanol–water partition coefficient (Wildman–Crippen LogP) is 5.66. The molecule has 2 nitrogen and oxygen atoms in total. The smallest absolute Gasteiger partial charge is 0.366 e. The van der Waals surface area contributed by atoms with Crippen LogP contribution in [0.1, 0.15) is 34.7 Å². The molecule has 0 heterocycles. The molecule has 0 aliphatic carbocycles. The molecule has 6 heteroatoms. The van der Waals surface area contributed by atoms with E-state index in [1.54, 1.807) is 6.34 Å². The zero-order valence-electron chi connectivity index (χ0n) is 15.3. The Kier molecular flexibility index (Phi) is 6.05. The topological polar surface area (TPSA) is 15.6 Å². The summed E-state index contributed by atoms with van der Waals surface area (Å²) in [5, 5.41) is 0. The van der Waals surface area contributed by atoms with E-state index in [1.807, 2.05) is 44.9 Å². The van der Waals surface area contributed by atoms with Crippen LogP contribution in [0, 0.1) is 19.7 Å². The molecule has 0 aromatic heterocycles. The van der Waals surface area contributed by atoms with Crippen LogP contribution < -0.4 is 0 Å². The van der Waals surface area contributed by atoms with E-state index >= 15 is 0 Å². The number of hydrogen-bond donors (Lipinski definition) is 0. The van der Waals surface area contributed by atoms with Crippen LogP contribution in [-0.2, 0) is 12.6 Å². The van der Waals surface area contributed by atoms with Crippen molar-refractivity contribution >= 4 is 12.0 Å². The molecule has 2 rings (SSSR count). The molecule has 0 aliphatic rings. The second-order valence-corrected chi connectivity index (χ2v) is 6.41. The summed E-state index contributed by atoms with van der Waals surface area (Å²) in [6.45, 7) is 6.62. The molecule has 0 N–H and O–H groups in total. The van der Waals surface area contributed by atoms with E-state index < -0.39 is 17.6 Å². The fraction of sp³-hybridized carbons (Fsp3) is 0.350. The molecule has 0 saturated carbocycles. The van der Waals surface area contributed by atoms with Gasteiger partial charge in [-0.05, 0) is 73.7 Å². The van der Waals surface area contributed by atoms with Gasteiger partial charge in [0, 0.05) is 13.6 Å². The van der Waals surface area contributed by atoms with E-state index in [-0.39, 0.29) is 6.42 Å². The van der Waals surface area contributed by atoms with E-state index in [1.165, 1.54) is 0 Å². The fourth-order valence-electron chi connectivity index (χ4n) is 2.57. The Bertz CT molecular complexity index is 810. The van der Waals surface area contributed by atoms with Gasteiger partial charge in [-0.1, -0.05) is 6.07 Å². The normalized spacial score (nSPS) is 12.0. The lowest BCUT2D eigenvalue weighted by Gasteiger charge is -2.13. The van der Waals surface area contributed by atoms with Crippen LogP contribution in [0.2, 0.25) is 0 Å². The van der Waals surface area contributed by atoms with Crippen LogP contribution in [0.5, 0.6) is 0 Å². The van der Waals surface area contributed by atoms with Gasteiger partial charge in [-0.3, -0.25) is 0 Å². The highest BCUT2D eigenvalue weighted by molar-refractivity contribution is 5.64. The summed E-state index contributed by atoms with van der Waals surface area (Å²) in [5.41, 5.74) is 2.80. The number of nitrogens with zero attached hydrogens (tertiary/aromatic N) is 2. The van der Waals surface area contributed by atoms with E-state index in [2.05, 4.69) is 4.99 Å². The first-order valence-electron chi connectivity index (χ1n) is 8.31. The molecular weight excluding hydrogens is 344 g/mol. The Balaban J connectivity index is 2.32. The largest absolute Gasteiger partial charge is 0.416 e. The summed E-state index contributed by atoms with van der Waals surface area (Å²) in [6.07, 6.45) is -2.60. The lowest BCUT2D eigenvalue weighted by Crippen LogP contribution is -2.14. The molecule has 0 aliphatic heterocycles. The summed E-state index contributed by atoms with van der Waals surface area (Å²) in [4.78, 5) is 6.38. The van der Waals surface area contributed by atoms with Crippen molar-refractivity contribution in [1.82, 2.24) is 4.90 Å². The standard InChI is InChI=1S/C20H22F4N2/c1-5-26(4)12-25-19-7-13(2)16(6-14(19)3)8-15-9-17(20(22,23)24)11-18(21)10-15/h6-7,9-12H,5,8H2,1-4H3/b25-12+. The van der Waals surface area contributed by atoms with E-state index in [4.69, 9.17) is 0 Å². The molecule has 0 atom stereocenters. The first-order chi connectivity index (χ1) is 12.1. The van der Waals surface area contributed by atoms with Gasteiger partial charge in [-0.15, -0.1) is 0 Å². The monoisotopic (exact) mass is 366 g/mol. The summed E-state index contributed by atoms with van der Waals surface area (Å²) < 4.78 is 52.2. The third kappa shape index (κ3) is 5.07. The van der Waals surface area contributed by atoms with Crippen molar-refractivity contribution < 1.29 is 17.6 Å². The van der Waals surface area contributed by atoms with E-state index in [0.717, 1.165) is 41.1 Å². The molecule has 0 bridgehead atoms. The van der Waals surface area contributed by atoms with Crippen molar-refractivity contribution in [3.63, 3.8) is 0 Å². The van der Waals surface area contributed by atoms with Crippen LogP contribution in [-0.4, -0.2) is 24.8 Å². The minimum Gasteiger partial charge on any atom is -0.366 e. The maximum atomic E-state index is 13.6. The Morgan fingerprint density at radius 1 is 1.04 bits per heavy atom. The third-order valence-corrected chi connectivity index (χ3v) is 4.23. The molecule has 140 valence electrons. The number of alkyl halides is 3. The minimum atomic E-state index is -4.56. The molecular formula is C20H22F4N2. The minimum absolute atomic E-state index is 0.229. The average Bonchev–Trinajstić information content (AvgIpc) is 2.55. The van der Waals surface area contributed by atoms with Crippen LogP contribution in [0.15, 0.2) is 35.3 Å². The van der Waals surface area contributed by atoms with Gasteiger partial charge in [-0.25, -0.2) is 9.38 Å². The van der Waals surface area contributed by atoms with Gasteiger partial charge in [0.05, 0.1) is 17.6 Å². The highest BCUT2D eigenvalue weighted by Crippen LogP contribution is 2.31. The fourth-order valence-corrected chi connectivity index (χ4v) is 2.57. The van der Waals surface area contributed by atoms with Gasteiger partial charge < -0.3 is 4.90 Å². The number of aliphatic imine (C=N–C) groups is 1. The number of benzene rings is 2. The molecule has 0 spiro atoms. The van der Waals surface area contributed by atoms with E-state index in [9.17, 15) is 17.6 Å². The molecule has 2 aromatic rings. The van der Waals surface area contributed by atoms with Gasteiger partial charge in [0.2, 0.25) is 0 Å². The number of rotatable bonds is 5. The summed E-state index contributed by atoms with van der Waals surface area (Å²) in [5.74, 6) is -0.881. The maximum Gasteiger partial charge on any atom is 0.416 e. The second kappa shape index (κ2) is 7.89. The summed E-state index contributed by atoms with van der Waals surface area (Å²) in [6, 6.07) is 6.46. The van der Waals surface area contributed by atoms with Crippen LogP contribution >= 0.6 is 0 Å². The third-order valence-electron chi connectivity index (χ3n) is 4.23. The Morgan fingerprint density at radius 3 is 2.35 bits per heavy atom. The first kappa shape index (κ1) is 19.9. The lowest BCUT2D eigenvalue weighted by atomic mass is 9.96. The molecule has 0 fully saturated rings. The summed E-state index contributed by atoms with van der Waals surface area (Å²) >= 11 is 0. The Labute approximate surface area is 151 Å². The zero-order valence-corrected chi connectivity index (χ0v) is 15.3. The van der Waals surface area contributed by atoms with Gasteiger partial charge >= 0.3 is 6.18 Å². The first-order valence-corrected chi connectivity index (χ1v) is 8.31. The molecule has 0 amide bonds. The second-order valence-electron chi connectivity index (χ2n) is 6.41. The summed E-state index contributed by atoms with van der Waals surface area (Å²) in [7, 11) is 1.92. The quantitative estimate of drug-likeness (QED) is 0.378. The van der Waals surface area contributed by atoms with Crippen molar-refractivity contribution in [3.8, 4) is 0 Å². The predicted molar refractivity (Wildman–Crippen MR) is 96.6 cm³/mol. The van der Waals surface area contributed by atoms with Gasteiger partial charge in [0.15, 0.2) is 0 Å². The van der Waals surface area contributed by atoms with Crippen molar-refractivity contribution in [2.45, 2.75) is 33.4 Å². The van der Waals surface area contributed by atoms with Crippen LogP contribution in [0.4, 0.5) is 23.2 Å². The van der Waals surface area contributed by atoms with Gasteiger partial charge in [0.1, 0.15) is 5.82 Å². The molecule has 2 aromatic carbocycles. The van der Waals surface area contributed by atoms with Crippen molar-refractivity contribution in [2.24, 2.45) is 4.99 Å². The molecule has 26 heavy (non-hydrogen) atoms. The molecule has 0 radical (unpaired) electrons. The highest BCUT2D eigenvalue weighted by atomic mass is 19.4. The van der Waals surface area contributed by atoms with E-state index in [0.29, 0.717) is 11.6 Å². The molecule has 0 saturated heterocycles. The Morgan fingerprint density at radius 2 is 1.73 bits per heavy atom. The van der Waals surface area contributed by atoms with Crippen molar-refractivity contribution in [2.75, 3.05) is 13.6 Å². The number of aryl methyl sites for hydroxylation is 2. The SMILES string of the molecule is CCN(C)/C=N/c1cc(C)c(Cc2cc(F)cc(C(F)(F)F)c2)cc1C. The highest BCUT2D eigenvalue weighted by Gasteiger charge is 2.31. The number of hydrogen-bond acceptors (Lipinski definition) is 1. The maximum absolute atomic E-state index is 13.6. The Hall–Kier alpha value is -2.37. The van der Waals surface area contributed by atoms with Crippen molar-refractivity contribution in [1.29, 1.82) is 0 Å².